The molecule has 0 saturated carbocycles. The van der Waals surface area contributed by atoms with Crippen molar-refractivity contribution in [3.63, 3.8) is 0 Å². The third-order valence-corrected chi connectivity index (χ3v) is 3.86. The summed E-state index contributed by atoms with van der Waals surface area (Å²) >= 11 is 0. The average Bonchev–Trinajstić information content (AvgIpc) is 2.40. The Kier molecular flexibility index (Phi) is 5.12. The predicted molar refractivity (Wildman–Crippen MR) is 83.8 cm³/mol. The molecule has 1 aromatic rings. The second kappa shape index (κ2) is 6.23. The number of allylic oxidation sites excluding steroid dienone is 1. The highest BCUT2D eigenvalue weighted by atomic mass is 16.3. The molecular formula is C17H25NO2. The van der Waals surface area contributed by atoms with Gasteiger partial charge < -0.3 is 10.8 Å². The van der Waals surface area contributed by atoms with Gasteiger partial charge >= 0.3 is 0 Å². The summed E-state index contributed by atoms with van der Waals surface area (Å²) in [5, 5.41) is 10.4. The van der Waals surface area contributed by atoms with Gasteiger partial charge in [-0.15, -0.1) is 0 Å². The van der Waals surface area contributed by atoms with Gasteiger partial charge in [0.2, 0.25) is 0 Å². The standard InChI is InChI=1S/C17H25NO2/c1-6-13-9-11(3)8-12(4)15(13)14(10-19)16(20)17(5,18)7-2/h8-10,20H,6-7,18H2,1-5H3/b16-14-. The van der Waals surface area contributed by atoms with Crippen molar-refractivity contribution >= 4 is 11.9 Å². The maximum absolute atomic E-state index is 11.5. The van der Waals surface area contributed by atoms with Crippen LogP contribution in [0, 0.1) is 13.8 Å². The molecule has 0 aliphatic rings. The fraction of sp³-hybridized carbons (Fsp3) is 0.471. The van der Waals surface area contributed by atoms with E-state index in [2.05, 4.69) is 6.07 Å². The lowest BCUT2D eigenvalue weighted by atomic mass is 9.86. The Morgan fingerprint density at radius 3 is 2.40 bits per heavy atom. The van der Waals surface area contributed by atoms with Crippen molar-refractivity contribution in [1.82, 2.24) is 0 Å². The van der Waals surface area contributed by atoms with Gasteiger partial charge in [0.25, 0.3) is 0 Å². The highest BCUT2D eigenvalue weighted by molar-refractivity contribution is 6.09. The van der Waals surface area contributed by atoms with Gasteiger partial charge in [0.15, 0.2) is 6.29 Å². The molecule has 0 aliphatic heterocycles. The minimum Gasteiger partial charge on any atom is -0.510 e. The van der Waals surface area contributed by atoms with E-state index in [9.17, 15) is 9.90 Å². The molecular weight excluding hydrogens is 250 g/mol. The van der Waals surface area contributed by atoms with Gasteiger partial charge in [-0.25, -0.2) is 0 Å². The molecule has 1 atom stereocenters. The fourth-order valence-corrected chi connectivity index (χ4v) is 2.43. The zero-order chi connectivity index (χ0) is 15.5. The Bertz CT molecular complexity index is 542. The minimum atomic E-state index is -0.890. The summed E-state index contributed by atoms with van der Waals surface area (Å²) in [4.78, 5) is 11.5. The first-order valence-corrected chi connectivity index (χ1v) is 7.06. The van der Waals surface area contributed by atoms with Crippen LogP contribution in [0.15, 0.2) is 17.9 Å². The molecule has 110 valence electrons. The summed E-state index contributed by atoms with van der Waals surface area (Å²) in [7, 11) is 0. The van der Waals surface area contributed by atoms with Crippen LogP contribution < -0.4 is 5.73 Å². The number of carbonyl (C=O) groups excluding carboxylic acids is 1. The molecule has 0 fully saturated rings. The van der Waals surface area contributed by atoms with Gasteiger partial charge in [-0.05, 0) is 50.3 Å². The van der Waals surface area contributed by atoms with Crippen LogP contribution in [0.25, 0.3) is 5.57 Å². The van der Waals surface area contributed by atoms with Gasteiger partial charge in [-0.1, -0.05) is 31.5 Å². The van der Waals surface area contributed by atoms with Crippen molar-refractivity contribution in [2.24, 2.45) is 5.73 Å². The van der Waals surface area contributed by atoms with E-state index in [-0.39, 0.29) is 5.76 Å². The van der Waals surface area contributed by atoms with Gasteiger partial charge in [-0.2, -0.15) is 0 Å². The monoisotopic (exact) mass is 275 g/mol. The first kappa shape index (κ1) is 16.4. The number of rotatable bonds is 5. The molecule has 0 aliphatic carbocycles. The molecule has 1 unspecified atom stereocenters. The SMILES string of the molecule is CCc1cc(C)cc(C)c1/C(C=O)=C(\O)C(C)(N)CC. The first-order valence-electron chi connectivity index (χ1n) is 7.06. The Morgan fingerprint density at radius 2 is 1.95 bits per heavy atom. The van der Waals surface area contributed by atoms with E-state index < -0.39 is 5.54 Å². The lowest BCUT2D eigenvalue weighted by molar-refractivity contribution is -0.103. The fourth-order valence-electron chi connectivity index (χ4n) is 2.43. The van der Waals surface area contributed by atoms with Gasteiger partial charge in [0.1, 0.15) is 5.76 Å². The minimum absolute atomic E-state index is 0.0309. The summed E-state index contributed by atoms with van der Waals surface area (Å²) in [5.74, 6) is -0.0309. The molecule has 1 rings (SSSR count). The lowest BCUT2D eigenvalue weighted by Crippen LogP contribution is -2.38. The topological polar surface area (TPSA) is 63.3 Å². The Hall–Kier alpha value is -1.61. The number of carbonyl (C=O) groups is 1. The highest BCUT2D eigenvalue weighted by Gasteiger charge is 2.27. The molecule has 20 heavy (non-hydrogen) atoms. The average molecular weight is 275 g/mol. The molecule has 1 aromatic carbocycles. The van der Waals surface area contributed by atoms with E-state index in [4.69, 9.17) is 5.73 Å². The van der Waals surface area contributed by atoms with E-state index in [0.29, 0.717) is 18.3 Å². The van der Waals surface area contributed by atoms with Crippen LogP contribution in [0.4, 0.5) is 0 Å². The molecule has 0 spiro atoms. The van der Waals surface area contributed by atoms with Crippen LogP contribution in [0.1, 0.15) is 49.4 Å². The van der Waals surface area contributed by atoms with E-state index in [1.54, 1.807) is 6.92 Å². The summed E-state index contributed by atoms with van der Waals surface area (Å²) in [5.41, 5.74) is 9.51. The van der Waals surface area contributed by atoms with Crippen LogP contribution in [0.3, 0.4) is 0 Å². The summed E-state index contributed by atoms with van der Waals surface area (Å²) < 4.78 is 0. The quantitative estimate of drug-likeness (QED) is 0.491. The highest BCUT2D eigenvalue weighted by Crippen LogP contribution is 2.30. The van der Waals surface area contributed by atoms with Crippen molar-refractivity contribution in [1.29, 1.82) is 0 Å². The molecule has 3 nitrogen and oxygen atoms in total. The zero-order valence-electron chi connectivity index (χ0n) is 13.1. The number of hydrogen-bond acceptors (Lipinski definition) is 3. The van der Waals surface area contributed by atoms with Gasteiger partial charge in [-0.3, -0.25) is 4.79 Å². The van der Waals surface area contributed by atoms with Crippen LogP contribution in [-0.4, -0.2) is 16.9 Å². The second-order valence-electron chi connectivity index (χ2n) is 5.62. The number of aliphatic hydroxyl groups excluding tert-OH is 1. The van der Waals surface area contributed by atoms with Crippen molar-refractivity contribution in [3.8, 4) is 0 Å². The second-order valence-corrected chi connectivity index (χ2v) is 5.62. The maximum Gasteiger partial charge on any atom is 0.154 e. The van der Waals surface area contributed by atoms with Crippen molar-refractivity contribution in [2.45, 2.75) is 53.0 Å². The van der Waals surface area contributed by atoms with Crippen LogP contribution in [0.5, 0.6) is 0 Å². The molecule has 3 heteroatoms. The maximum atomic E-state index is 11.5. The molecule has 0 bridgehead atoms. The normalized spacial score (nSPS) is 15.5. The summed E-state index contributed by atoms with van der Waals surface area (Å²) in [6.07, 6.45) is 2.07. The number of nitrogens with two attached hydrogens (primary N) is 1. The lowest BCUT2D eigenvalue weighted by Gasteiger charge is -2.25. The molecule has 3 N–H and O–H groups in total. The zero-order valence-corrected chi connectivity index (χ0v) is 13.1. The van der Waals surface area contributed by atoms with Crippen LogP contribution in [0.2, 0.25) is 0 Å². The first-order chi connectivity index (χ1) is 9.28. The number of aliphatic hydroxyl groups is 1. The molecule has 0 amide bonds. The number of hydrogen-bond donors (Lipinski definition) is 2. The number of benzene rings is 1. The number of aldehydes is 1. The van der Waals surface area contributed by atoms with Crippen molar-refractivity contribution in [3.05, 3.63) is 40.1 Å². The van der Waals surface area contributed by atoms with E-state index in [1.807, 2.05) is 33.8 Å². The summed E-state index contributed by atoms with van der Waals surface area (Å²) in [6.45, 7) is 9.65. The molecule has 0 aromatic heterocycles. The number of aryl methyl sites for hydroxylation is 3. The Labute approximate surface area is 121 Å². The molecule has 0 heterocycles. The van der Waals surface area contributed by atoms with E-state index in [0.717, 1.165) is 28.7 Å². The van der Waals surface area contributed by atoms with Crippen molar-refractivity contribution in [2.75, 3.05) is 0 Å². The van der Waals surface area contributed by atoms with Crippen LogP contribution in [-0.2, 0) is 11.2 Å². The predicted octanol–water partition coefficient (Wildman–Crippen LogP) is 3.46. The van der Waals surface area contributed by atoms with E-state index in [1.165, 1.54) is 0 Å². The van der Waals surface area contributed by atoms with Crippen molar-refractivity contribution < 1.29 is 9.90 Å². The Morgan fingerprint density at radius 1 is 1.35 bits per heavy atom. The third kappa shape index (κ3) is 3.10. The van der Waals surface area contributed by atoms with Gasteiger partial charge in [0.05, 0.1) is 11.1 Å². The van der Waals surface area contributed by atoms with E-state index >= 15 is 0 Å². The largest absolute Gasteiger partial charge is 0.510 e. The summed E-state index contributed by atoms with van der Waals surface area (Å²) in [6, 6.07) is 4.07. The smallest absolute Gasteiger partial charge is 0.154 e. The molecule has 0 radical (unpaired) electrons. The van der Waals surface area contributed by atoms with Gasteiger partial charge in [0, 0.05) is 0 Å². The molecule has 0 saturated heterocycles. The third-order valence-electron chi connectivity index (χ3n) is 3.86. The van der Waals surface area contributed by atoms with Crippen LogP contribution >= 0.6 is 0 Å². The Balaban J connectivity index is 3.63.